The third-order valence-corrected chi connectivity index (χ3v) is 5.18. The van der Waals surface area contributed by atoms with E-state index in [1.54, 1.807) is 12.4 Å². The normalized spacial score (nSPS) is 17.2. The number of rotatable bonds is 4. The number of anilines is 2. The van der Waals surface area contributed by atoms with E-state index in [0.717, 1.165) is 35.6 Å². The Labute approximate surface area is 155 Å². The van der Waals surface area contributed by atoms with Crippen LogP contribution >= 0.6 is 0 Å². The minimum absolute atomic E-state index is 0.218. The topological polar surface area (TPSA) is 58.1 Å². The van der Waals surface area contributed by atoms with Gasteiger partial charge in [-0.3, -0.25) is 4.79 Å². The number of carbonyl (C=O) groups is 1. The molecule has 1 atom stereocenters. The molecule has 2 heterocycles. The molecule has 5 heteroatoms. The van der Waals surface area contributed by atoms with Crippen LogP contribution in [0.15, 0.2) is 24.5 Å². The number of amides is 1. The van der Waals surface area contributed by atoms with Gasteiger partial charge in [0.15, 0.2) is 0 Å². The summed E-state index contributed by atoms with van der Waals surface area (Å²) in [6, 6.07) is 4.66. The van der Waals surface area contributed by atoms with Crippen LogP contribution in [-0.2, 0) is 0 Å². The van der Waals surface area contributed by atoms with Crippen molar-refractivity contribution in [3.8, 4) is 0 Å². The van der Waals surface area contributed by atoms with Crippen molar-refractivity contribution < 1.29 is 4.79 Å². The zero-order valence-corrected chi connectivity index (χ0v) is 16.2. The third kappa shape index (κ3) is 3.87. The van der Waals surface area contributed by atoms with Crippen LogP contribution in [0.3, 0.4) is 0 Å². The predicted molar refractivity (Wildman–Crippen MR) is 106 cm³/mol. The van der Waals surface area contributed by atoms with Gasteiger partial charge in [-0.05, 0) is 57.6 Å². The number of hydrogen-bond donors (Lipinski definition) is 1. The molecular weight excluding hydrogens is 324 g/mol. The zero-order chi connectivity index (χ0) is 18.7. The van der Waals surface area contributed by atoms with Gasteiger partial charge in [0.2, 0.25) is 0 Å². The summed E-state index contributed by atoms with van der Waals surface area (Å²) in [5.74, 6) is 0.653. The molecule has 0 saturated carbocycles. The monoisotopic (exact) mass is 352 g/mol. The maximum absolute atomic E-state index is 12.6. The van der Waals surface area contributed by atoms with E-state index in [9.17, 15) is 4.79 Å². The highest BCUT2D eigenvalue weighted by molar-refractivity contribution is 6.03. The van der Waals surface area contributed by atoms with E-state index in [-0.39, 0.29) is 5.91 Å². The van der Waals surface area contributed by atoms with E-state index in [2.05, 4.69) is 46.2 Å². The van der Waals surface area contributed by atoms with Crippen LogP contribution in [0.4, 0.5) is 11.5 Å². The number of aromatic nitrogens is 2. The molecule has 1 saturated heterocycles. The highest BCUT2D eigenvalue weighted by Crippen LogP contribution is 2.25. The summed E-state index contributed by atoms with van der Waals surface area (Å²) in [5.41, 5.74) is 4.50. The molecule has 5 nitrogen and oxygen atoms in total. The van der Waals surface area contributed by atoms with E-state index in [1.807, 2.05) is 13.8 Å². The lowest BCUT2D eigenvalue weighted by Crippen LogP contribution is -2.39. The van der Waals surface area contributed by atoms with Gasteiger partial charge in [-0.15, -0.1) is 0 Å². The standard InChI is InChI=1S/C21H28N4O/c1-5-17-8-6-7-9-25(17)19-13-22-18(12-23-19)21(26)24-20-15(3)10-14(2)11-16(20)4/h10-13,17H,5-9H2,1-4H3,(H,24,26). The highest BCUT2D eigenvalue weighted by Gasteiger charge is 2.22. The summed E-state index contributed by atoms with van der Waals surface area (Å²) in [4.78, 5) is 23.8. The van der Waals surface area contributed by atoms with Gasteiger partial charge in [0.05, 0.1) is 12.4 Å². The molecule has 0 aliphatic carbocycles. The van der Waals surface area contributed by atoms with E-state index in [0.29, 0.717) is 11.7 Å². The molecule has 0 spiro atoms. The molecule has 3 rings (SSSR count). The second-order valence-corrected chi connectivity index (χ2v) is 7.24. The van der Waals surface area contributed by atoms with Gasteiger partial charge in [0, 0.05) is 18.3 Å². The van der Waals surface area contributed by atoms with Gasteiger partial charge in [-0.2, -0.15) is 0 Å². The first-order valence-electron chi connectivity index (χ1n) is 9.47. The van der Waals surface area contributed by atoms with Gasteiger partial charge in [-0.25, -0.2) is 9.97 Å². The number of nitrogens with one attached hydrogen (secondary N) is 1. The Morgan fingerprint density at radius 2 is 1.88 bits per heavy atom. The fourth-order valence-electron chi connectivity index (χ4n) is 3.87. The van der Waals surface area contributed by atoms with Gasteiger partial charge < -0.3 is 10.2 Å². The molecular formula is C21H28N4O. The maximum atomic E-state index is 12.6. The summed E-state index contributed by atoms with van der Waals surface area (Å²) in [7, 11) is 0. The smallest absolute Gasteiger partial charge is 0.275 e. The molecule has 1 fully saturated rings. The maximum Gasteiger partial charge on any atom is 0.275 e. The van der Waals surface area contributed by atoms with Crippen molar-refractivity contribution in [3.05, 3.63) is 46.9 Å². The Morgan fingerprint density at radius 1 is 1.15 bits per heavy atom. The number of aryl methyl sites for hydroxylation is 3. The molecule has 1 aliphatic rings. The first-order chi connectivity index (χ1) is 12.5. The van der Waals surface area contributed by atoms with Crippen LogP contribution in [-0.4, -0.2) is 28.5 Å². The quantitative estimate of drug-likeness (QED) is 0.885. The van der Waals surface area contributed by atoms with E-state index < -0.39 is 0 Å². The fourth-order valence-corrected chi connectivity index (χ4v) is 3.87. The predicted octanol–water partition coefficient (Wildman–Crippen LogP) is 4.42. The minimum Gasteiger partial charge on any atom is -0.352 e. The summed E-state index contributed by atoms with van der Waals surface area (Å²) >= 11 is 0. The molecule has 1 aromatic heterocycles. The molecule has 1 unspecified atom stereocenters. The third-order valence-electron chi connectivity index (χ3n) is 5.18. The highest BCUT2D eigenvalue weighted by atomic mass is 16.1. The van der Waals surface area contributed by atoms with Crippen molar-refractivity contribution in [2.24, 2.45) is 0 Å². The Kier molecular flexibility index (Phi) is 5.55. The minimum atomic E-state index is -0.218. The van der Waals surface area contributed by atoms with E-state index >= 15 is 0 Å². The van der Waals surface area contributed by atoms with Gasteiger partial charge in [-0.1, -0.05) is 24.6 Å². The average molecular weight is 352 g/mol. The van der Waals surface area contributed by atoms with Gasteiger partial charge in [0.1, 0.15) is 11.5 Å². The first-order valence-corrected chi connectivity index (χ1v) is 9.47. The summed E-state index contributed by atoms with van der Waals surface area (Å²) in [6.45, 7) is 9.29. The summed E-state index contributed by atoms with van der Waals surface area (Å²) in [6.07, 6.45) is 8.09. The number of benzene rings is 1. The van der Waals surface area contributed by atoms with Crippen molar-refractivity contribution in [2.45, 2.75) is 59.4 Å². The zero-order valence-electron chi connectivity index (χ0n) is 16.2. The van der Waals surface area contributed by atoms with Crippen molar-refractivity contribution >= 4 is 17.4 Å². The first kappa shape index (κ1) is 18.4. The second kappa shape index (κ2) is 7.85. The van der Waals surface area contributed by atoms with E-state index in [1.165, 1.54) is 24.8 Å². The van der Waals surface area contributed by atoms with Crippen molar-refractivity contribution in [2.75, 3.05) is 16.8 Å². The van der Waals surface area contributed by atoms with E-state index in [4.69, 9.17) is 0 Å². The summed E-state index contributed by atoms with van der Waals surface area (Å²) < 4.78 is 0. The van der Waals surface area contributed by atoms with Crippen LogP contribution < -0.4 is 10.2 Å². The molecule has 1 N–H and O–H groups in total. The lowest BCUT2D eigenvalue weighted by atomic mass is 10.0. The van der Waals surface area contributed by atoms with Crippen molar-refractivity contribution in [3.63, 3.8) is 0 Å². The number of piperidine rings is 1. The molecule has 1 aliphatic heterocycles. The summed E-state index contributed by atoms with van der Waals surface area (Å²) in [5, 5.41) is 2.99. The van der Waals surface area contributed by atoms with Gasteiger partial charge >= 0.3 is 0 Å². The lowest BCUT2D eigenvalue weighted by Gasteiger charge is -2.35. The largest absolute Gasteiger partial charge is 0.352 e. The number of nitrogens with zero attached hydrogens (tertiary/aromatic N) is 3. The van der Waals surface area contributed by atoms with Crippen molar-refractivity contribution in [1.82, 2.24) is 9.97 Å². The molecule has 0 bridgehead atoms. The lowest BCUT2D eigenvalue weighted by molar-refractivity contribution is 0.102. The van der Waals surface area contributed by atoms with Crippen LogP contribution in [0, 0.1) is 20.8 Å². The Bertz CT molecular complexity index is 762. The average Bonchev–Trinajstić information content (AvgIpc) is 2.64. The number of carbonyl (C=O) groups excluding carboxylic acids is 1. The van der Waals surface area contributed by atoms with Crippen LogP contribution in [0.5, 0.6) is 0 Å². The van der Waals surface area contributed by atoms with Gasteiger partial charge in [0.25, 0.3) is 5.91 Å². The number of hydrogen-bond acceptors (Lipinski definition) is 4. The fraction of sp³-hybridized carbons (Fsp3) is 0.476. The molecule has 0 radical (unpaired) electrons. The second-order valence-electron chi connectivity index (χ2n) is 7.24. The van der Waals surface area contributed by atoms with Crippen LogP contribution in [0.25, 0.3) is 0 Å². The molecule has 1 amide bonds. The Morgan fingerprint density at radius 3 is 2.50 bits per heavy atom. The Hall–Kier alpha value is -2.43. The van der Waals surface area contributed by atoms with Crippen molar-refractivity contribution in [1.29, 1.82) is 0 Å². The van der Waals surface area contributed by atoms with Crippen LogP contribution in [0.2, 0.25) is 0 Å². The molecule has 2 aromatic rings. The van der Waals surface area contributed by atoms with Crippen LogP contribution in [0.1, 0.15) is 59.8 Å². The molecule has 1 aromatic carbocycles. The SMILES string of the molecule is CCC1CCCCN1c1cnc(C(=O)Nc2c(C)cc(C)cc2C)cn1. The Balaban J connectivity index is 1.75. The molecule has 138 valence electrons. The molecule has 26 heavy (non-hydrogen) atoms.